The fourth-order valence-electron chi connectivity index (χ4n) is 3.46. The lowest BCUT2D eigenvalue weighted by molar-refractivity contribution is 0.102. The highest BCUT2D eigenvalue weighted by Crippen LogP contribution is 2.32. The number of pyridine rings is 1. The van der Waals surface area contributed by atoms with Crippen LogP contribution in [0.15, 0.2) is 85.5 Å². The molecule has 32 heavy (non-hydrogen) atoms. The fourth-order valence-corrected chi connectivity index (χ4v) is 3.46. The molecule has 0 atom stereocenters. The first-order valence-electron chi connectivity index (χ1n) is 10.1. The first-order valence-corrected chi connectivity index (χ1v) is 10.1. The summed E-state index contributed by atoms with van der Waals surface area (Å²) in [5.74, 6) is 0.886. The molecule has 3 heterocycles. The fraction of sp³-hybridized carbons (Fsp3) is 0.0400. The second-order valence-corrected chi connectivity index (χ2v) is 7.26. The van der Waals surface area contributed by atoms with Gasteiger partial charge in [0.25, 0.3) is 5.91 Å². The predicted molar refractivity (Wildman–Crippen MR) is 123 cm³/mol. The monoisotopic (exact) mass is 421 g/mol. The smallest absolute Gasteiger partial charge is 0.272 e. The van der Waals surface area contributed by atoms with Crippen LogP contribution in [0.5, 0.6) is 11.6 Å². The third-order valence-corrected chi connectivity index (χ3v) is 5.04. The van der Waals surface area contributed by atoms with E-state index in [9.17, 15) is 4.79 Å². The number of H-pyrrole nitrogens is 1. The number of hydrogen-bond donors (Lipinski definition) is 2. The zero-order chi connectivity index (χ0) is 21.9. The lowest BCUT2D eigenvalue weighted by Gasteiger charge is -2.12. The van der Waals surface area contributed by atoms with Crippen molar-refractivity contribution in [1.82, 2.24) is 19.9 Å². The van der Waals surface area contributed by atoms with Crippen molar-refractivity contribution in [2.75, 3.05) is 5.32 Å². The minimum Gasteiger partial charge on any atom is -0.438 e. The maximum atomic E-state index is 12.7. The van der Waals surface area contributed by atoms with Crippen LogP contribution in [-0.4, -0.2) is 25.8 Å². The molecule has 5 rings (SSSR count). The topological polar surface area (TPSA) is 92.8 Å². The van der Waals surface area contributed by atoms with Crippen LogP contribution in [0, 0.1) is 6.92 Å². The molecule has 2 N–H and O–H groups in total. The van der Waals surface area contributed by atoms with E-state index in [1.54, 1.807) is 24.5 Å². The number of ether oxygens (including phenoxy) is 1. The highest BCUT2D eigenvalue weighted by atomic mass is 16.5. The molecule has 7 heteroatoms. The van der Waals surface area contributed by atoms with Crippen molar-refractivity contribution >= 4 is 22.5 Å². The number of hydrogen-bond acceptors (Lipinski definition) is 5. The minimum atomic E-state index is -0.204. The average Bonchev–Trinajstić information content (AvgIpc) is 3.26. The third kappa shape index (κ3) is 3.91. The molecule has 0 spiro atoms. The van der Waals surface area contributed by atoms with E-state index in [1.807, 2.05) is 61.5 Å². The number of aryl methyl sites for hydroxylation is 1. The maximum Gasteiger partial charge on any atom is 0.272 e. The number of fused-ring (bicyclic) bond motifs is 1. The molecule has 0 aliphatic rings. The summed E-state index contributed by atoms with van der Waals surface area (Å²) in [4.78, 5) is 28.4. The number of aromatic nitrogens is 4. The highest BCUT2D eigenvalue weighted by molar-refractivity contribution is 6.06. The van der Waals surface area contributed by atoms with Gasteiger partial charge in [-0.25, -0.2) is 15.0 Å². The molecule has 0 saturated carbocycles. The summed E-state index contributed by atoms with van der Waals surface area (Å²) in [6, 6.07) is 20.6. The SMILES string of the molecule is Cc1cc(NC(=O)c2cc3ccccc3[nH]2)ccc1Oc1ncccc1-c1ccncn1. The Bertz CT molecular complexity index is 1380. The highest BCUT2D eigenvalue weighted by Gasteiger charge is 2.13. The standard InChI is InChI=1S/C25H19N5O2/c1-16-13-18(29-24(31)22-14-17-5-2-3-7-20(17)30-22)8-9-23(16)32-25-19(6-4-11-27-25)21-10-12-26-15-28-21/h2-15,30H,1H3,(H,29,31). The number of aromatic amines is 1. The number of para-hydroxylation sites is 1. The van der Waals surface area contributed by atoms with Crippen LogP contribution in [0.1, 0.15) is 16.1 Å². The average molecular weight is 421 g/mol. The molecular formula is C25H19N5O2. The van der Waals surface area contributed by atoms with Gasteiger partial charge in [0, 0.05) is 29.0 Å². The molecule has 0 saturated heterocycles. The van der Waals surface area contributed by atoms with Crippen molar-refractivity contribution in [3.63, 3.8) is 0 Å². The van der Waals surface area contributed by atoms with E-state index in [-0.39, 0.29) is 5.91 Å². The van der Waals surface area contributed by atoms with Crippen LogP contribution in [0.2, 0.25) is 0 Å². The molecule has 156 valence electrons. The van der Waals surface area contributed by atoms with Gasteiger partial charge < -0.3 is 15.0 Å². The van der Waals surface area contributed by atoms with Gasteiger partial charge in [-0.05, 0) is 61.0 Å². The lowest BCUT2D eigenvalue weighted by Crippen LogP contribution is -2.12. The second-order valence-electron chi connectivity index (χ2n) is 7.26. The Balaban J connectivity index is 1.36. The molecule has 0 aliphatic heterocycles. The summed E-state index contributed by atoms with van der Waals surface area (Å²) >= 11 is 0. The Morgan fingerprint density at radius 3 is 2.69 bits per heavy atom. The van der Waals surface area contributed by atoms with Gasteiger partial charge in [-0.1, -0.05) is 18.2 Å². The van der Waals surface area contributed by atoms with Crippen LogP contribution >= 0.6 is 0 Å². The molecular weight excluding hydrogens is 402 g/mol. The number of nitrogens with zero attached hydrogens (tertiary/aromatic N) is 3. The van der Waals surface area contributed by atoms with Crippen molar-refractivity contribution in [2.45, 2.75) is 6.92 Å². The molecule has 7 nitrogen and oxygen atoms in total. The summed E-state index contributed by atoms with van der Waals surface area (Å²) in [5, 5.41) is 3.92. The molecule has 0 bridgehead atoms. The van der Waals surface area contributed by atoms with E-state index >= 15 is 0 Å². The van der Waals surface area contributed by atoms with Crippen molar-refractivity contribution < 1.29 is 9.53 Å². The van der Waals surface area contributed by atoms with E-state index in [0.717, 1.165) is 27.7 Å². The summed E-state index contributed by atoms with van der Waals surface area (Å²) < 4.78 is 6.09. The van der Waals surface area contributed by atoms with E-state index < -0.39 is 0 Å². The normalized spacial score (nSPS) is 10.8. The molecule has 3 aromatic heterocycles. The Morgan fingerprint density at radius 1 is 0.969 bits per heavy atom. The number of anilines is 1. The van der Waals surface area contributed by atoms with Crippen molar-refractivity contribution in [3.05, 3.63) is 96.7 Å². The van der Waals surface area contributed by atoms with Gasteiger partial charge in [0.2, 0.25) is 5.88 Å². The van der Waals surface area contributed by atoms with Crippen LogP contribution in [0.25, 0.3) is 22.2 Å². The van der Waals surface area contributed by atoms with Gasteiger partial charge in [0.15, 0.2) is 0 Å². The Labute approximate surface area is 184 Å². The Kier molecular flexibility index (Phi) is 5.05. The van der Waals surface area contributed by atoms with Crippen LogP contribution in [0.4, 0.5) is 5.69 Å². The van der Waals surface area contributed by atoms with E-state index in [0.29, 0.717) is 23.0 Å². The van der Waals surface area contributed by atoms with Gasteiger partial charge >= 0.3 is 0 Å². The van der Waals surface area contributed by atoms with Crippen LogP contribution in [-0.2, 0) is 0 Å². The molecule has 2 aromatic carbocycles. The number of nitrogens with one attached hydrogen (secondary N) is 2. The van der Waals surface area contributed by atoms with E-state index in [1.165, 1.54) is 6.33 Å². The lowest BCUT2D eigenvalue weighted by atomic mass is 10.1. The number of rotatable bonds is 5. The van der Waals surface area contributed by atoms with Crippen LogP contribution in [0.3, 0.4) is 0 Å². The van der Waals surface area contributed by atoms with Gasteiger partial charge in [0.05, 0.1) is 11.3 Å². The first kappa shape index (κ1) is 19.4. The van der Waals surface area contributed by atoms with Gasteiger partial charge in [-0.15, -0.1) is 0 Å². The van der Waals surface area contributed by atoms with Gasteiger partial charge in [0.1, 0.15) is 17.8 Å². The number of carbonyl (C=O) groups excluding carboxylic acids is 1. The number of carbonyl (C=O) groups is 1. The summed E-state index contributed by atoms with van der Waals surface area (Å²) in [6.45, 7) is 1.92. The van der Waals surface area contributed by atoms with Gasteiger partial charge in [-0.3, -0.25) is 4.79 Å². The molecule has 0 unspecified atom stereocenters. The summed E-state index contributed by atoms with van der Waals surface area (Å²) in [6.07, 6.45) is 4.83. The van der Waals surface area contributed by atoms with Crippen molar-refractivity contribution in [2.24, 2.45) is 0 Å². The summed E-state index contributed by atoms with van der Waals surface area (Å²) in [7, 11) is 0. The molecule has 1 amide bonds. The minimum absolute atomic E-state index is 0.204. The second kappa shape index (κ2) is 8.31. The van der Waals surface area contributed by atoms with Crippen molar-refractivity contribution in [1.29, 1.82) is 0 Å². The predicted octanol–water partition coefficient (Wildman–Crippen LogP) is 5.37. The van der Waals surface area contributed by atoms with Gasteiger partial charge in [-0.2, -0.15) is 0 Å². The summed E-state index contributed by atoms with van der Waals surface area (Å²) in [5.41, 5.74) is 4.46. The number of amides is 1. The molecule has 0 aliphatic carbocycles. The van der Waals surface area contributed by atoms with Crippen LogP contribution < -0.4 is 10.1 Å². The largest absolute Gasteiger partial charge is 0.438 e. The van der Waals surface area contributed by atoms with E-state index in [4.69, 9.17) is 4.74 Å². The quantitative estimate of drug-likeness (QED) is 0.398. The maximum absolute atomic E-state index is 12.7. The number of benzene rings is 2. The molecule has 0 fully saturated rings. The first-order chi connectivity index (χ1) is 15.7. The van der Waals surface area contributed by atoms with Crippen molar-refractivity contribution in [3.8, 4) is 22.9 Å². The Morgan fingerprint density at radius 2 is 1.88 bits per heavy atom. The molecule has 0 radical (unpaired) electrons. The Hall–Kier alpha value is -4.52. The third-order valence-electron chi connectivity index (χ3n) is 5.04. The van der Waals surface area contributed by atoms with E-state index in [2.05, 4.69) is 25.3 Å². The zero-order valence-electron chi connectivity index (χ0n) is 17.2. The molecule has 5 aromatic rings. The zero-order valence-corrected chi connectivity index (χ0v) is 17.2.